The first-order valence-corrected chi connectivity index (χ1v) is 25.9. The van der Waals surface area contributed by atoms with Crippen molar-refractivity contribution in [1.82, 2.24) is 0 Å². The molecule has 352 valence electrons. The standard InChI is InChI=1S/C52H92NO7P/c1-5-6-7-8-9-10-11-12-13-14-15-16-17-18-19-20-21-22-23-24-25-26-27-28-29-30-31-32-33-34-35-36-37-38-39-40-41-42-43-44-45-46-52(55)58-49-51(54)50-60-61(56,57)59-48-47-53(2,3)4/h6-7,9-10,12-13,15-16,18-19,21-22,24-25,51,54H,5,8,11,14,17,20,23,26-50H2,1-4H3/p+1/b7-6-,10-9-,13-12-,16-15-,19-18-,22-21-,25-24-. The van der Waals surface area contributed by atoms with Gasteiger partial charge in [-0.05, 0) is 64.2 Å². The maximum absolute atomic E-state index is 12.0. The highest BCUT2D eigenvalue weighted by Gasteiger charge is 2.24. The quantitative estimate of drug-likeness (QED) is 0.0207. The molecule has 0 bridgehead atoms. The average Bonchev–Trinajstić information content (AvgIpc) is 3.22. The van der Waals surface area contributed by atoms with E-state index in [0.717, 1.165) is 64.2 Å². The summed E-state index contributed by atoms with van der Waals surface area (Å²) in [6, 6.07) is 0. The number of likely N-dealkylation sites (N-methyl/N-ethyl adjacent to an activating group) is 1. The Morgan fingerprint density at radius 1 is 0.508 bits per heavy atom. The zero-order valence-corrected chi connectivity index (χ0v) is 40.5. The topological polar surface area (TPSA) is 102 Å². The van der Waals surface area contributed by atoms with Crippen molar-refractivity contribution in [3.63, 3.8) is 0 Å². The smallest absolute Gasteiger partial charge is 0.463 e. The number of aliphatic hydroxyl groups is 1. The van der Waals surface area contributed by atoms with Crippen LogP contribution in [0.4, 0.5) is 0 Å². The maximum atomic E-state index is 12.0. The second kappa shape index (κ2) is 44.3. The van der Waals surface area contributed by atoms with Crippen LogP contribution in [0.25, 0.3) is 0 Å². The van der Waals surface area contributed by atoms with Gasteiger partial charge < -0.3 is 19.2 Å². The van der Waals surface area contributed by atoms with E-state index in [2.05, 4.69) is 92.0 Å². The molecule has 0 saturated carbocycles. The van der Waals surface area contributed by atoms with Gasteiger partial charge in [0.1, 0.15) is 25.9 Å². The van der Waals surface area contributed by atoms with Crippen molar-refractivity contribution in [1.29, 1.82) is 0 Å². The summed E-state index contributed by atoms with van der Waals surface area (Å²) in [5.74, 6) is -0.371. The van der Waals surface area contributed by atoms with Gasteiger partial charge in [0.25, 0.3) is 0 Å². The number of nitrogens with zero attached hydrogens (tertiary/aromatic N) is 1. The first kappa shape index (κ1) is 58.7. The molecule has 0 saturated heterocycles. The molecule has 2 atom stereocenters. The van der Waals surface area contributed by atoms with Gasteiger partial charge in [0.2, 0.25) is 0 Å². The van der Waals surface area contributed by atoms with Gasteiger partial charge in [0, 0.05) is 6.42 Å². The van der Waals surface area contributed by atoms with Gasteiger partial charge in [0.15, 0.2) is 0 Å². The van der Waals surface area contributed by atoms with Crippen LogP contribution >= 0.6 is 7.82 Å². The van der Waals surface area contributed by atoms with Gasteiger partial charge in [0.05, 0.1) is 27.7 Å². The van der Waals surface area contributed by atoms with E-state index >= 15 is 0 Å². The Kier molecular flexibility index (Phi) is 42.6. The van der Waals surface area contributed by atoms with E-state index < -0.39 is 20.5 Å². The molecule has 0 spiro atoms. The van der Waals surface area contributed by atoms with E-state index in [0.29, 0.717) is 17.4 Å². The lowest BCUT2D eigenvalue weighted by molar-refractivity contribution is -0.870. The van der Waals surface area contributed by atoms with Gasteiger partial charge in [-0.2, -0.15) is 0 Å². The number of hydrogen-bond donors (Lipinski definition) is 2. The molecule has 8 nitrogen and oxygen atoms in total. The van der Waals surface area contributed by atoms with E-state index in [1.165, 1.54) is 109 Å². The van der Waals surface area contributed by atoms with Crippen LogP contribution in [0.15, 0.2) is 85.1 Å². The van der Waals surface area contributed by atoms with Crippen LogP contribution in [0.2, 0.25) is 0 Å². The second-order valence-electron chi connectivity index (χ2n) is 17.3. The van der Waals surface area contributed by atoms with Crippen LogP contribution < -0.4 is 0 Å². The van der Waals surface area contributed by atoms with Gasteiger partial charge in [-0.15, -0.1) is 0 Å². The fourth-order valence-corrected chi connectivity index (χ4v) is 7.15. The molecule has 2 N–H and O–H groups in total. The Morgan fingerprint density at radius 3 is 1.23 bits per heavy atom. The average molecular weight is 875 g/mol. The maximum Gasteiger partial charge on any atom is 0.472 e. The molecule has 0 fully saturated rings. The number of phosphoric ester groups is 1. The minimum Gasteiger partial charge on any atom is -0.463 e. The summed E-state index contributed by atoms with van der Waals surface area (Å²) in [6.07, 6.45) is 63.7. The number of carbonyl (C=O) groups is 1. The number of carbonyl (C=O) groups excluding carboxylic acids is 1. The number of rotatable bonds is 44. The predicted octanol–water partition coefficient (Wildman–Crippen LogP) is 14.6. The lowest BCUT2D eigenvalue weighted by Gasteiger charge is -2.24. The number of unbranched alkanes of at least 4 members (excludes halogenated alkanes) is 19. The molecule has 61 heavy (non-hydrogen) atoms. The van der Waals surface area contributed by atoms with Gasteiger partial charge in [-0.25, -0.2) is 4.57 Å². The Balaban J connectivity index is 3.41. The molecule has 0 radical (unpaired) electrons. The van der Waals surface area contributed by atoms with Crippen molar-refractivity contribution >= 4 is 13.8 Å². The minimum absolute atomic E-state index is 0.0531. The minimum atomic E-state index is -4.26. The third-order valence-electron chi connectivity index (χ3n) is 10.2. The largest absolute Gasteiger partial charge is 0.472 e. The molecule has 0 aromatic heterocycles. The molecule has 0 heterocycles. The normalized spacial score (nSPS) is 14.4. The Bertz CT molecular complexity index is 1250. The summed E-state index contributed by atoms with van der Waals surface area (Å²) >= 11 is 0. The number of allylic oxidation sites excluding steroid dienone is 14. The van der Waals surface area contributed by atoms with Crippen molar-refractivity contribution in [2.75, 3.05) is 47.5 Å². The van der Waals surface area contributed by atoms with Crippen LogP contribution in [0.1, 0.15) is 187 Å². The molecular formula is C52H93NO7P+. The third-order valence-corrected chi connectivity index (χ3v) is 11.2. The third kappa shape index (κ3) is 50.2. The second-order valence-corrected chi connectivity index (χ2v) is 18.8. The molecule has 0 rings (SSSR count). The monoisotopic (exact) mass is 875 g/mol. The predicted molar refractivity (Wildman–Crippen MR) is 261 cm³/mol. The Morgan fingerprint density at radius 2 is 0.852 bits per heavy atom. The summed E-state index contributed by atoms with van der Waals surface area (Å²) in [4.78, 5) is 21.7. The zero-order valence-electron chi connectivity index (χ0n) is 39.6. The van der Waals surface area contributed by atoms with Crippen molar-refractivity contribution < 1.29 is 37.6 Å². The molecular weight excluding hydrogens is 782 g/mol. The number of aliphatic hydroxyl groups excluding tert-OH is 1. The summed E-state index contributed by atoms with van der Waals surface area (Å²) in [7, 11) is 1.56. The highest BCUT2D eigenvalue weighted by molar-refractivity contribution is 7.47. The number of esters is 1. The number of hydrogen-bond acceptors (Lipinski definition) is 6. The Hall–Kier alpha value is -2.32. The Labute approximate surface area is 375 Å². The molecule has 9 heteroatoms. The van der Waals surface area contributed by atoms with Crippen molar-refractivity contribution in [3.8, 4) is 0 Å². The van der Waals surface area contributed by atoms with Gasteiger partial charge in [-0.3, -0.25) is 13.8 Å². The first-order chi connectivity index (χ1) is 29.6. The van der Waals surface area contributed by atoms with E-state index in [4.69, 9.17) is 13.8 Å². The van der Waals surface area contributed by atoms with Crippen LogP contribution in [0, 0.1) is 0 Å². The van der Waals surface area contributed by atoms with E-state index in [1.54, 1.807) is 0 Å². The fraction of sp³-hybridized carbons (Fsp3) is 0.712. The first-order valence-electron chi connectivity index (χ1n) is 24.4. The lowest BCUT2D eigenvalue weighted by atomic mass is 10.0. The summed E-state index contributed by atoms with van der Waals surface area (Å²) in [5, 5.41) is 9.93. The van der Waals surface area contributed by atoms with E-state index in [9.17, 15) is 19.4 Å². The molecule has 0 aliphatic heterocycles. The SMILES string of the molecule is CC/C=C\C/C=C\C/C=C\C/C=C\C/C=C\C/C=C\C/C=C\CCCCCCCCCCCCCCCCCCCCCC(=O)OCC(O)COP(=O)(O)OCC[N+](C)(C)C. The zero-order chi connectivity index (χ0) is 44.8. The number of quaternary nitrogens is 1. The van der Waals surface area contributed by atoms with Crippen LogP contribution in [-0.4, -0.2) is 74.1 Å². The molecule has 0 aromatic carbocycles. The van der Waals surface area contributed by atoms with Gasteiger partial charge >= 0.3 is 13.8 Å². The molecule has 0 amide bonds. The lowest BCUT2D eigenvalue weighted by Crippen LogP contribution is -2.37. The van der Waals surface area contributed by atoms with E-state index in [1.807, 2.05) is 21.1 Å². The summed E-state index contributed by atoms with van der Waals surface area (Å²) in [6.45, 7) is 2.03. The van der Waals surface area contributed by atoms with Crippen LogP contribution in [0.3, 0.4) is 0 Å². The summed E-state index contributed by atoms with van der Waals surface area (Å²) < 4.78 is 27.3. The van der Waals surface area contributed by atoms with Crippen molar-refractivity contribution in [2.45, 2.75) is 193 Å². The fourth-order valence-electron chi connectivity index (χ4n) is 6.40. The number of ether oxygens (including phenoxy) is 1. The number of phosphoric acid groups is 1. The molecule has 0 aromatic rings. The van der Waals surface area contributed by atoms with Gasteiger partial charge in [-0.1, -0.05) is 201 Å². The van der Waals surface area contributed by atoms with Crippen molar-refractivity contribution in [3.05, 3.63) is 85.1 Å². The van der Waals surface area contributed by atoms with Crippen LogP contribution in [-0.2, 0) is 23.1 Å². The molecule has 0 aliphatic carbocycles. The highest BCUT2D eigenvalue weighted by Crippen LogP contribution is 2.43. The van der Waals surface area contributed by atoms with Crippen LogP contribution in [0.5, 0.6) is 0 Å². The molecule has 0 aliphatic rings. The molecule has 2 unspecified atom stereocenters. The van der Waals surface area contributed by atoms with Crippen molar-refractivity contribution in [2.24, 2.45) is 0 Å². The highest BCUT2D eigenvalue weighted by atomic mass is 31.2. The summed E-state index contributed by atoms with van der Waals surface area (Å²) in [5.41, 5.74) is 0. The van der Waals surface area contributed by atoms with E-state index in [-0.39, 0.29) is 19.2 Å².